The zero-order chi connectivity index (χ0) is 18.2. The van der Waals surface area contributed by atoms with Gasteiger partial charge in [-0.05, 0) is 11.1 Å². The van der Waals surface area contributed by atoms with Gasteiger partial charge < -0.3 is 23.7 Å². The number of benzene rings is 2. The van der Waals surface area contributed by atoms with Crippen LogP contribution in [0.4, 0.5) is 0 Å². The fraction of sp³-hybridized carbons (Fsp3) is 0.429. The normalized spacial score (nSPS) is 25.5. The van der Waals surface area contributed by atoms with Gasteiger partial charge in [0, 0.05) is 14.2 Å². The SMILES string of the molecule is COC[C@H]1OC(OC)[C@H](OCc2ccccc2)[C@@H]1OCc1ccccc1. The van der Waals surface area contributed by atoms with Crippen LogP contribution in [-0.4, -0.2) is 45.4 Å². The summed E-state index contributed by atoms with van der Waals surface area (Å²) in [5.41, 5.74) is 2.20. The van der Waals surface area contributed by atoms with Gasteiger partial charge in [0.25, 0.3) is 0 Å². The Morgan fingerprint density at radius 3 is 1.81 bits per heavy atom. The first-order valence-electron chi connectivity index (χ1n) is 8.80. The van der Waals surface area contributed by atoms with Crippen LogP contribution in [0.3, 0.4) is 0 Å². The van der Waals surface area contributed by atoms with Crippen molar-refractivity contribution < 1.29 is 23.7 Å². The average molecular weight is 358 g/mol. The molecule has 1 fully saturated rings. The fourth-order valence-corrected chi connectivity index (χ4v) is 3.09. The molecule has 26 heavy (non-hydrogen) atoms. The van der Waals surface area contributed by atoms with Crippen LogP contribution < -0.4 is 0 Å². The van der Waals surface area contributed by atoms with Crippen LogP contribution in [0.15, 0.2) is 60.7 Å². The molecule has 0 bridgehead atoms. The van der Waals surface area contributed by atoms with Crippen LogP contribution >= 0.6 is 0 Å². The second-order valence-electron chi connectivity index (χ2n) is 6.26. The maximum atomic E-state index is 6.18. The van der Waals surface area contributed by atoms with Gasteiger partial charge in [0.1, 0.15) is 18.3 Å². The van der Waals surface area contributed by atoms with Gasteiger partial charge in [-0.15, -0.1) is 0 Å². The Morgan fingerprint density at radius 2 is 1.31 bits per heavy atom. The predicted octanol–water partition coefficient (Wildman–Crippen LogP) is 3.17. The predicted molar refractivity (Wildman–Crippen MR) is 97.6 cm³/mol. The molecule has 0 N–H and O–H groups in total. The quantitative estimate of drug-likeness (QED) is 0.689. The van der Waals surface area contributed by atoms with Gasteiger partial charge in [0.15, 0.2) is 6.29 Å². The molecule has 1 aliphatic rings. The molecule has 4 atom stereocenters. The van der Waals surface area contributed by atoms with Gasteiger partial charge in [-0.2, -0.15) is 0 Å². The van der Waals surface area contributed by atoms with Crippen LogP contribution in [-0.2, 0) is 36.9 Å². The number of methoxy groups -OCH3 is 2. The van der Waals surface area contributed by atoms with Crippen LogP contribution in [0.25, 0.3) is 0 Å². The summed E-state index contributed by atoms with van der Waals surface area (Å²) >= 11 is 0. The zero-order valence-corrected chi connectivity index (χ0v) is 15.2. The summed E-state index contributed by atoms with van der Waals surface area (Å²) in [4.78, 5) is 0. The van der Waals surface area contributed by atoms with E-state index in [1.165, 1.54) is 0 Å². The zero-order valence-electron chi connectivity index (χ0n) is 15.2. The van der Waals surface area contributed by atoms with Gasteiger partial charge >= 0.3 is 0 Å². The summed E-state index contributed by atoms with van der Waals surface area (Å²) in [5, 5.41) is 0. The minimum Gasteiger partial charge on any atom is -0.382 e. The van der Waals surface area contributed by atoms with E-state index in [9.17, 15) is 0 Å². The third-order valence-corrected chi connectivity index (χ3v) is 4.40. The molecular formula is C21H26O5. The highest BCUT2D eigenvalue weighted by Gasteiger charge is 2.46. The molecule has 1 saturated heterocycles. The van der Waals surface area contributed by atoms with Crippen molar-refractivity contribution in [2.75, 3.05) is 20.8 Å². The van der Waals surface area contributed by atoms with E-state index in [1.54, 1.807) is 14.2 Å². The molecule has 0 amide bonds. The summed E-state index contributed by atoms with van der Waals surface area (Å²) in [6.45, 7) is 1.38. The van der Waals surface area contributed by atoms with Crippen LogP contribution in [0, 0.1) is 0 Å². The molecule has 5 heteroatoms. The maximum Gasteiger partial charge on any atom is 0.186 e. The second kappa shape index (κ2) is 9.80. The highest BCUT2D eigenvalue weighted by atomic mass is 16.7. The lowest BCUT2D eigenvalue weighted by Gasteiger charge is -2.24. The van der Waals surface area contributed by atoms with E-state index in [-0.39, 0.29) is 18.3 Å². The van der Waals surface area contributed by atoms with Gasteiger partial charge in [-0.25, -0.2) is 0 Å². The summed E-state index contributed by atoms with van der Waals surface area (Å²) in [7, 11) is 3.27. The van der Waals surface area contributed by atoms with Crippen molar-refractivity contribution >= 4 is 0 Å². The molecule has 3 rings (SSSR count). The molecule has 140 valence electrons. The molecule has 0 radical (unpaired) electrons. The molecule has 0 aliphatic carbocycles. The van der Waals surface area contributed by atoms with E-state index >= 15 is 0 Å². The Morgan fingerprint density at radius 1 is 0.769 bits per heavy atom. The number of rotatable bonds is 9. The fourth-order valence-electron chi connectivity index (χ4n) is 3.09. The molecule has 1 aliphatic heterocycles. The maximum absolute atomic E-state index is 6.18. The highest BCUT2D eigenvalue weighted by molar-refractivity contribution is 5.14. The monoisotopic (exact) mass is 358 g/mol. The summed E-state index contributed by atoms with van der Waals surface area (Å²) < 4.78 is 29.1. The average Bonchev–Trinajstić information content (AvgIpc) is 3.03. The lowest BCUT2D eigenvalue weighted by Crippen LogP contribution is -2.39. The largest absolute Gasteiger partial charge is 0.382 e. The van der Waals surface area contributed by atoms with Gasteiger partial charge in [-0.1, -0.05) is 60.7 Å². The Hall–Kier alpha value is -1.76. The molecule has 0 aromatic heterocycles. The van der Waals surface area contributed by atoms with E-state index in [1.807, 2.05) is 60.7 Å². The van der Waals surface area contributed by atoms with E-state index in [0.29, 0.717) is 19.8 Å². The van der Waals surface area contributed by atoms with Crippen molar-refractivity contribution in [3.63, 3.8) is 0 Å². The lowest BCUT2D eigenvalue weighted by molar-refractivity contribution is -0.169. The Labute approximate surface area is 154 Å². The second-order valence-corrected chi connectivity index (χ2v) is 6.26. The standard InChI is InChI=1S/C21H26O5/c1-22-15-18-19(24-13-16-9-5-3-6-10-16)20(21(23-2)26-18)25-14-17-11-7-4-8-12-17/h3-12,18-21H,13-15H2,1-2H3/t18-,19-,20-,21?/m1/s1. The van der Waals surface area contributed by atoms with Crippen LogP contribution in [0.1, 0.15) is 11.1 Å². The first kappa shape index (κ1) is 19.0. The van der Waals surface area contributed by atoms with Crippen LogP contribution in [0.2, 0.25) is 0 Å². The molecule has 1 unspecified atom stereocenters. The van der Waals surface area contributed by atoms with Gasteiger partial charge in [0.2, 0.25) is 0 Å². The first-order chi connectivity index (χ1) is 12.8. The molecule has 0 spiro atoms. The Balaban J connectivity index is 1.68. The lowest BCUT2D eigenvalue weighted by atomic mass is 10.1. The van der Waals surface area contributed by atoms with E-state index < -0.39 is 6.29 Å². The molecule has 2 aromatic carbocycles. The van der Waals surface area contributed by atoms with Crippen molar-refractivity contribution in [1.82, 2.24) is 0 Å². The summed E-state index contributed by atoms with van der Waals surface area (Å²) in [6, 6.07) is 20.1. The first-order valence-corrected chi connectivity index (χ1v) is 8.80. The van der Waals surface area contributed by atoms with Crippen LogP contribution in [0.5, 0.6) is 0 Å². The third-order valence-electron chi connectivity index (χ3n) is 4.40. The molecule has 0 saturated carbocycles. The highest BCUT2D eigenvalue weighted by Crippen LogP contribution is 2.29. The summed E-state index contributed by atoms with van der Waals surface area (Å²) in [6.07, 6.45) is -1.33. The van der Waals surface area contributed by atoms with Crippen molar-refractivity contribution in [3.8, 4) is 0 Å². The number of ether oxygens (including phenoxy) is 5. The van der Waals surface area contributed by atoms with Crippen molar-refractivity contribution in [2.45, 2.75) is 37.8 Å². The smallest absolute Gasteiger partial charge is 0.186 e. The van der Waals surface area contributed by atoms with E-state index in [2.05, 4.69) is 0 Å². The van der Waals surface area contributed by atoms with E-state index in [4.69, 9.17) is 23.7 Å². The molecule has 1 heterocycles. The minimum absolute atomic E-state index is 0.241. The van der Waals surface area contributed by atoms with Crippen molar-refractivity contribution in [2.24, 2.45) is 0 Å². The van der Waals surface area contributed by atoms with Gasteiger partial charge in [0.05, 0.1) is 19.8 Å². The topological polar surface area (TPSA) is 46.2 Å². The molecule has 5 nitrogen and oxygen atoms in total. The molecular weight excluding hydrogens is 332 g/mol. The molecule has 2 aromatic rings. The summed E-state index contributed by atoms with van der Waals surface area (Å²) in [5.74, 6) is 0. The van der Waals surface area contributed by atoms with Crippen molar-refractivity contribution in [1.29, 1.82) is 0 Å². The number of hydrogen-bond acceptors (Lipinski definition) is 5. The Kier molecular flexibility index (Phi) is 7.17. The van der Waals surface area contributed by atoms with E-state index in [0.717, 1.165) is 11.1 Å². The van der Waals surface area contributed by atoms with Crippen molar-refractivity contribution in [3.05, 3.63) is 71.8 Å². The third kappa shape index (κ3) is 4.90. The number of hydrogen-bond donors (Lipinski definition) is 0. The minimum atomic E-state index is -0.486. The van der Waals surface area contributed by atoms with Gasteiger partial charge in [-0.3, -0.25) is 0 Å². The Bertz CT molecular complexity index is 633.